The third kappa shape index (κ3) is 7.81. The molecule has 0 atom stereocenters. The topological polar surface area (TPSA) is 78.7 Å². The summed E-state index contributed by atoms with van der Waals surface area (Å²) in [4.78, 5) is 29.6. The number of unbranched alkanes of at least 4 members (excludes halogenated alkanes) is 1. The number of carbonyl (C=O) groups excluding carboxylic acids is 1. The van der Waals surface area contributed by atoms with Crippen molar-refractivity contribution in [2.75, 3.05) is 27.7 Å². The molecule has 0 saturated heterocycles. The average molecular weight is 525 g/mol. The highest BCUT2D eigenvalue weighted by Crippen LogP contribution is 2.06. The molecule has 2 aromatic rings. The van der Waals surface area contributed by atoms with E-state index in [9.17, 15) is 9.59 Å². The lowest BCUT2D eigenvalue weighted by Gasteiger charge is -2.13. The van der Waals surface area contributed by atoms with Crippen LogP contribution in [0, 0.1) is 6.92 Å². The molecule has 164 valence electrons. The Morgan fingerprint density at radius 1 is 1.07 bits per heavy atom. The number of aliphatic imine (C=N–C) groups is 1. The van der Waals surface area contributed by atoms with E-state index in [0.717, 1.165) is 43.1 Å². The second kappa shape index (κ2) is 13.0. The van der Waals surface area contributed by atoms with Crippen LogP contribution >= 0.6 is 24.0 Å². The molecular formula is C22H32IN5O2. The lowest BCUT2D eigenvalue weighted by Crippen LogP contribution is -2.37. The highest BCUT2D eigenvalue weighted by molar-refractivity contribution is 14.0. The minimum atomic E-state index is -0.00468. The molecule has 1 aromatic heterocycles. The van der Waals surface area contributed by atoms with Crippen molar-refractivity contribution in [2.24, 2.45) is 4.99 Å². The average Bonchev–Trinajstić information content (AvgIpc) is 2.71. The van der Waals surface area contributed by atoms with Crippen molar-refractivity contribution in [2.45, 2.75) is 32.9 Å². The van der Waals surface area contributed by atoms with Gasteiger partial charge >= 0.3 is 0 Å². The highest BCUT2D eigenvalue weighted by atomic mass is 127. The number of hydrogen-bond acceptors (Lipinski definition) is 3. The Labute approximate surface area is 195 Å². The summed E-state index contributed by atoms with van der Waals surface area (Å²) in [5, 5.41) is 6.56. The molecule has 0 unspecified atom stereocenters. The number of amides is 1. The molecule has 30 heavy (non-hydrogen) atoms. The van der Waals surface area contributed by atoms with Crippen LogP contribution in [0.5, 0.6) is 0 Å². The number of aromatic nitrogens is 1. The van der Waals surface area contributed by atoms with Crippen LogP contribution in [-0.2, 0) is 13.1 Å². The zero-order valence-corrected chi connectivity index (χ0v) is 20.5. The maximum atomic E-state index is 11.9. The van der Waals surface area contributed by atoms with E-state index < -0.39 is 0 Å². The van der Waals surface area contributed by atoms with Crippen molar-refractivity contribution in [1.29, 1.82) is 0 Å². The number of halogens is 1. The maximum Gasteiger partial charge on any atom is 0.253 e. The molecule has 0 aliphatic carbocycles. The van der Waals surface area contributed by atoms with Gasteiger partial charge in [-0.15, -0.1) is 24.0 Å². The van der Waals surface area contributed by atoms with Gasteiger partial charge in [-0.3, -0.25) is 14.6 Å². The van der Waals surface area contributed by atoms with E-state index in [-0.39, 0.29) is 35.4 Å². The lowest BCUT2D eigenvalue weighted by molar-refractivity contribution is 0.0827. The first-order valence-electron chi connectivity index (χ1n) is 9.84. The van der Waals surface area contributed by atoms with Gasteiger partial charge in [0, 0.05) is 58.1 Å². The number of hydrogen-bond donors (Lipinski definition) is 2. The molecule has 1 aromatic carbocycles. The molecule has 0 aliphatic rings. The van der Waals surface area contributed by atoms with Gasteiger partial charge in [-0.1, -0.05) is 18.2 Å². The van der Waals surface area contributed by atoms with E-state index in [1.807, 2.05) is 37.3 Å². The van der Waals surface area contributed by atoms with E-state index >= 15 is 0 Å². The van der Waals surface area contributed by atoms with Crippen LogP contribution in [-0.4, -0.2) is 49.0 Å². The molecule has 0 fully saturated rings. The lowest BCUT2D eigenvalue weighted by atomic mass is 10.1. The summed E-state index contributed by atoms with van der Waals surface area (Å²) in [5.41, 5.74) is 2.78. The molecule has 0 spiro atoms. The summed E-state index contributed by atoms with van der Waals surface area (Å²) in [7, 11) is 5.22. The fourth-order valence-electron chi connectivity index (χ4n) is 2.94. The first-order chi connectivity index (χ1) is 13.9. The van der Waals surface area contributed by atoms with Crippen molar-refractivity contribution < 1.29 is 4.79 Å². The number of benzene rings is 1. The molecule has 0 bridgehead atoms. The molecule has 1 amide bonds. The molecule has 1 heterocycles. The Kier molecular flexibility index (Phi) is 11.2. The van der Waals surface area contributed by atoms with Gasteiger partial charge in [-0.2, -0.15) is 0 Å². The molecule has 0 aliphatic heterocycles. The van der Waals surface area contributed by atoms with Gasteiger partial charge in [0.25, 0.3) is 11.5 Å². The fraction of sp³-hybridized carbons (Fsp3) is 0.409. The molecule has 2 N–H and O–H groups in total. The van der Waals surface area contributed by atoms with Gasteiger partial charge in [-0.05, 0) is 43.5 Å². The Morgan fingerprint density at radius 3 is 2.37 bits per heavy atom. The summed E-state index contributed by atoms with van der Waals surface area (Å²) >= 11 is 0. The van der Waals surface area contributed by atoms with Gasteiger partial charge in [-0.25, -0.2) is 0 Å². The number of guanidine groups is 1. The highest BCUT2D eigenvalue weighted by Gasteiger charge is 2.07. The van der Waals surface area contributed by atoms with Crippen LogP contribution in [0.25, 0.3) is 0 Å². The normalized spacial score (nSPS) is 10.9. The first-order valence-corrected chi connectivity index (χ1v) is 9.84. The van der Waals surface area contributed by atoms with Crippen LogP contribution in [0.15, 0.2) is 52.3 Å². The van der Waals surface area contributed by atoms with Crippen LogP contribution in [0.1, 0.15) is 34.5 Å². The SMILES string of the molecule is CN=C(NCCCCn1c(C)cccc1=O)NCc1ccc(C(=O)N(C)C)cc1.I. The van der Waals surface area contributed by atoms with Crippen molar-refractivity contribution in [3.05, 3.63) is 69.6 Å². The molecule has 0 radical (unpaired) electrons. The van der Waals surface area contributed by atoms with Gasteiger partial charge in [0.05, 0.1) is 0 Å². The van der Waals surface area contributed by atoms with Crippen LogP contribution < -0.4 is 16.2 Å². The van der Waals surface area contributed by atoms with Gasteiger partial charge in [0.2, 0.25) is 0 Å². The minimum absolute atomic E-state index is 0. The van der Waals surface area contributed by atoms with Crippen molar-refractivity contribution in [1.82, 2.24) is 20.1 Å². The molecule has 8 heteroatoms. The standard InChI is InChI=1S/C22H31N5O2.HI/c1-17-8-7-9-20(28)27(17)15-6-5-14-24-22(23-2)25-16-18-10-12-19(13-11-18)21(29)26(3)4;/h7-13H,5-6,14-16H2,1-4H3,(H2,23,24,25);1H. The number of nitrogens with zero attached hydrogens (tertiary/aromatic N) is 3. The Bertz CT molecular complexity index is 891. The monoisotopic (exact) mass is 525 g/mol. The third-order valence-corrected chi connectivity index (χ3v) is 4.66. The van der Waals surface area contributed by atoms with E-state index in [4.69, 9.17) is 0 Å². The molecule has 0 saturated carbocycles. The van der Waals surface area contributed by atoms with E-state index in [1.54, 1.807) is 42.7 Å². The molecule has 2 rings (SSSR count). The summed E-state index contributed by atoms with van der Waals surface area (Å²) in [6.07, 6.45) is 1.85. The fourth-order valence-corrected chi connectivity index (χ4v) is 2.94. The second-order valence-electron chi connectivity index (χ2n) is 7.11. The van der Waals surface area contributed by atoms with Crippen LogP contribution in [0.3, 0.4) is 0 Å². The maximum absolute atomic E-state index is 11.9. The number of rotatable bonds is 8. The Morgan fingerprint density at radius 2 is 1.77 bits per heavy atom. The largest absolute Gasteiger partial charge is 0.356 e. The quantitative estimate of drug-likeness (QED) is 0.241. The van der Waals surface area contributed by atoms with Gasteiger partial charge in [0.1, 0.15) is 0 Å². The predicted molar refractivity (Wildman–Crippen MR) is 133 cm³/mol. The second-order valence-corrected chi connectivity index (χ2v) is 7.11. The van der Waals surface area contributed by atoms with Crippen molar-refractivity contribution in [3.63, 3.8) is 0 Å². The van der Waals surface area contributed by atoms with Gasteiger partial charge < -0.3 is 20.1 Å². The zero-order valence-electron chi connectivity index (χ0n) is 18.1. The number of aryl methyl sites for hydroxylation is 1. The van der Waals surface area contributed by atoms with E-state index in [2.05, 4.69) is 15.6 Å². The Balaban J connectivity index is 0.00000450. The summed E-state index contributed by atoms with van der Waals surface area (Å²) in [5.74, 6) is 0.724. The number of pyridine rings is 1. The molecular weight excluding hydrogens is 493 g/mol. The third-order valence-electron chi connectivity index (χ3n) is 4.66. The first kappa shape index (κ1) is 25.7. The van der Waals surface area contributed by atoms with Crippen LogP contribution in [0.2, 0.25) is 0 Å². The smallest absolute Gasteiger partial charge is 0.253 e. The van der Waals surface area contributed by atoms with Crippen LogP contribution in [0.4, 0.5) is 0 Å². The predicted octanol–water partition coefficient (Wildman–Crippen LogP) is 2.62. The van der Waals surface area contributed by atoms with Crippen molar-refractivity contribution >= 4 is 35.8 Å². The summed E-state index contributed by atoms with van der Waals surface area (Å²) in [6.45, 7) is 4.07. The number of nitrogens with one attached hydrogen (secondary N) is 2. The van der Waals surface area contributed by atoms with Gasteiger partial charge in [0.15, 0.2) is 5.96 Å². The summed E-state index contributed by atoms with van der Waals surface area (Å²) < 4.78 is 1.80. The zero-order chi connectivity index (χ0) is 21.2. The van der Waals surface area contributed by atoms with E-state index in [1.165, 1.54) is 0 Å². The minimum Gasteiger partial charge on any atom is -0.356 e. The molecule has 7 nitrogen and oxygen atoms in total. The van der Waals surface area contributed by atoms with E-state index in [0.29, 0.717) is 12.1 Å². The summed E-state index contributed by atoms with van der Waals surface area (Å²) in [6, 6.07) is 12.9. The van der Waals surface area contributed by atoms with Crippen molar-refractivity contribution in [3.8, 4) is 0 Å². The Hall–Kier alpha value is -2.36. The number of carbonyl (C=O) groups is 1.